The summed E-state index contributed by atoms with van der Waals surface area (Å²) in [5, 5.41) is 15.3. The number of hydrogen-bond donors (Lipinski definition) is 6. The third kappa shape index (κ3) is 21.8. The van der Waals surface area contributed by atoms with Gasteiger partial charge >= 0.3 is 35.8 Å². The normalized spacial score (nSPS) is 29.2. The number of nitrogens with one attached hydrogen (secondary N) is 6. The van der Waals surface area contributed by atoms with Crippen molar-refractivity contribution < 1.29 is 86.0 Å². The second kappa shape index (κ2) is 33.5. The van der Waals surface area contributed by atoms with Gasteiger partial charge in [-0.3, -0.25) is 28.8 Å². The van der Waals surface area contributed by atoms with Gasteiger partial charge in [0.05, 0.1) is 0 Å². The van der Waals surface area contributed by atoms with Crippen LogP contribution in [0, 0.1) is 53.3 Å². The summed E-state index contributed by atoms with van der Waals surface area (Å²) in [7, 11) is 0. The standard InChI is InChI=1S/C57H96N6O18/c1-22-31(16)43-49(67)61-37(25(4)5)52(70)76-35(20)47(65)59-41(29(12)13)56(74)80-45(33(18)24-3)51(69)63-39(27(8)9)54(72)78-36(21)48(66)60-42(30(14)15)57(75)81-44(32(17)23-2)50(68)62-38(26(6)7)53(71)77-34(19)46(64)58-40(28(10)11)55(73)79-43/h25-45H,22-24H2,1-21H3,(H,58,64)(H,59,65)(H,60,66)(H,61,67)(H,62,68)(H,63,69)/t31-,32-,33-,34-,35-,36-,37+,38+,39+,40-,41-,42-,43+,44+,45+/m0/s1. The van der Waals surface area contributed by atoms with Gasteiger partial charge in [0.15, 0.2) is 36.6 Å². The van der Waals surface area contributed by atoms with Gasteiger partial charge in [0.2, 0.25) is 0 Å². The van der Waals surface area contributed by atoms with Crippen molar-refractivity contribution in [3.05, 3.63) is 0 Å². The van der Waals surface area contributed by atoms with Gasteiger partial charge in [-0.25, -0.2) is 28.8 Å². The molecule has 1 aliphatic rings. The van der Waals surface area contributed by atoms with Crippen molar-refractivity contribution in [2.75, 3.05) is 0 Å². The second-order valence-electron chi connectivity index (χ2n) is 23.3. The van der Waals surface area contributed by atoms with Crippen LogP contribution in [0.1, 0.15) is 165 Å². The van der Waals surface area contributed by atoms with Gasteiger partial charge in [0.1, 0.15) is 36.3 Å². The van der Waals surface area contributed by atoms with E-state index in [2.05, 4.69) is 31.9 Å². The van der Waals surface area contributed by atoms with E-state index in [1.165, 1.54) is 20.8 Å². The zero-order valence-electron chi connectivity index (χ0n) is 51.6. The lowest BCUT2D eigenvalue weighted by molar-refractivity contribution is -0.167. The molecule has 0 aromatic carbocycles. The fraction of sp³-hybridized carbons (Fsp3) is 0.789. The molecule has 0 unspecified atom stereocenters. The topological polar surface area (TPSA) is 332 Å². The van der Waals surface area contributed by atoms with Crippen LogP contribution in [-0.4, -0.2) is 144 Å². The molecule has 0 saturated carbocycles. The van der Waals surface area contributed by atoms with E-state index < -0.39 is 197 Å². The highest BCUT2D eigenvalue weighted by molar-refractivity contribution is 5.96. The fourth-order valence-corrected chi connectivity index (χ4v) is 7.93. The number of amides is 6. The van der Waals surface area contributed by atoms with E-state index in [0.29, 0.717) is 19.3 Å². The summed E-state index contributed by atoms with van der Waals surface area (Å²) in [6, 6.07) is -8.38. The number of carbonyl (C=O) groups excluding carboxylic acids is 12. The molecule has 15 atom stereocenters. The van der Waals surface area contributed by atoms with Crippen LogP contribution in [0.5, 0.6) is 0 Å². The molecule has 24 nitrogen and oxygen atoms in total. The van der Waals surface area contributed by atoms with Crippen molar-refractivity contribution in [1.82, 2.24) is 31.9 Å². The molecule has 0 bridgehead atoms. The zero-order chi connectivity index (χ0) is 62.7. The van der Waals surface area contributed by atoms with E-state index in [1.54, 1.807) is 125 Å². The molecule has 6 amide bonds. The first kappa shape index (κ1) is 72.7. The number of esters is 6. The maximum absolute atomic E-state index is 14.1. The molecule has 1 aliphatic heterocycles. The van der Waals surface area contributed by atoms with E-state index in [4.69, 9.17) is 28.4 Å². The summed E-state index contributed by atoms with van der Waals surface area (Å²) in [5.74, 6) is -17.5. The maximum atomic E-state index is 14.1. The quantitative estimate of drug-likeness (QED) is 0.120. The number of hydrogen-bond acceptors (Lipinski definition) is 18. The number of ether oxygens (including phenoxy) is 6. The fourth-order valence-electron chi connectivity index (χ4n) is 7.93. The largest absolute Gasteiger partial charge is 0.451 e. The molecule has 462 valence electrons. The van der Waals surface area contributed by atoms with E-state index in [1.807, 2.05) is 0 Å². The summed E-state index contributed by atoms with van der Waals surface area (Å²) in [6.07, 6.45) is -8.28. The van der Waals surface area contributed by atoms with Crippen LogP contribution in [0.15, 0.2) is 0 Å². The van der Waals surface area contributed by atoms with Crippen LogP contribution in [0.2, 0.25) is 0 Å². The highest BCUT2D eigenvalue weighted by Gasteiger charge is 2.42. The van der Waals surface area contributed by atoms with Crippen molar-refractivity contribution in [1.29, 1.82) is 0 Å². The van der Waals surface area contributed by atoms with Crippen LogP contribution in [0.4, 0.5) is 0 Å². The Morgan fingerprint density at radius 3 is 0.568 bits per heavy atom. The smallest absolute Gasteiger partial charge is 0.329 e. The van der Waals surface area contributed by atoms with Gasteiger partial charge in [0.25, 0.3) is 35.4 Å². The van der Waals surface area contributed by atoms with Crippen molar-refractivity contribution in [3.8, 4) is 0 Å². The van der Waals surface area contributed by atoms with Crippen LogP contribution < -0.4 is 31.9 Å². The highest BCUT2D eigenvalue weighted by Crippen LogP contribution is 2.21. The molecule has 81 heavy (non-hydrogen) atoms. The average molecular weight is 1150 g/mol. The Balaban J connectivity index is 3.96. The van der Waals surface area contributed by atoms with Gasteiger partial charge in [-0.15, -0.1) is 0 Å². The van der Waals surface area contributed by atoms with Crippen LogP contribution in [-0.2, 0) is 86.0 Å². The van der Waals surface area contributed by atoms with Gasteiger partial charge in [-0.1, -0.05) is 125 Å². The Morgan fingerprint density at radius 1 is 0.272 bits per heavy atom. The minimum Gasteiger partial charge on any atom is -0.451 e. The third-order valence-corrected chi connectivity index (χ3v) is 14.3. The van der Waals surface area contributed by atoms with Crippen molar-refractivity contribution in [2.24, 2.45) is 53.3 Å². The molecule has 0 aliphatic carbocycles. The third-order valence-electron chi connectivity index (χ3n) is 14.3. The van der Waals surface area contributed by atoms with Gasteiger partial charge < -0.3 is 60.3 Å². The molecular weight excluding hydrogens is 1060 g/mol. The molecule has 1 fully saturated rings. The number of cyclic esters (lactones) is 6. The van der Waals surface area contributed by atoms with Crippen molar-refractivity contribution >= 4 is 71.3 Å². The first-order valence-corrected chi connectivity index (χ1v) is 28.5. The van der Waals surface area contributed by atoms with E-state index in [9.17, 15) is 57.5 Å². The monoisotopic (exact) mass is 1150 g/mol. The lowest BCUT2D eigenvalue weighted by Crippen LogP contribution is -2.56. The maximum Gasteiger partial charge on any atom is 0.329 e. The summed E-state index contributed by atoms with van der Waals surface area (Å²) < 4.78 is 34.0. The van der Waals surface area contributed by atoms with Crippen LogP contribution in [0.25, 0.3) is 0 Å². The Hall–Kier alpha value is -6.36. The number of rotatable bonds is 12. The summed E-state index contributed by atoms with van der Waals surface area (Å²) in [6.45, 7) is 33.0. The minimum atomic E-state index is -1.56. The van der Waals surface area contributed by atoms with Crippen molar-refractivity contribution in [3.63, 3.8) is 0 Å². The first-order chi connectivity index (χ1) is 37.5. The Morgan fingerprint density at radius 2 is 0.420 bits per heavy atom. The summed E-state index contributed by atoms with van der Waals surface area (Å²) >= 11 is 0. The molecular formula is C57H96N6O18. The van der Waals surface area contributed by atoms with E-state index >= 15 is 0 Å². The molecule has 0 spiro atoms. The van der Waals surface area contributed by atoms with Gasteiger partial charge in [-0.05, 0) is 75.5 Å². The highest BCUT2D eigenvalue weighted by atomic mass is 16.6. The molecule has 1 rings (SSSR count). The van der Waals surface area contributed by atoms with Crippen LogP contribution in [0.3, 0.4) is 0 Å². The zero-order valence-corrected chi connectivity index (χ0v) is 51.6. The van der Waals surface area contributed by atoms with Gasteiger partial charge in [0, 0.05) is 17.8 Å². The molecule has 24 heteroatoms. The second-order valence-corrected chi connectivity index (χ2v) is 23.3. The molecule has 6 N–H and O–H groups in total. The lowest BCUT2D eigenvalue weighted by Gasteiger charge is -2.31. The van der Waals surface area contributed by atoms with E-state index in [0.717, 1.165) is 0 Å². The average Bonchev–Trinajstić information content (AvgIpc) is 3.38. The molecule has 0 radical (unpaired) electrons. The Bertz CT molecular complexity index is 1940. The number of carbonyl (C=O) groups is 12. The predicted molar refractivity (Wildman–Crippen MR) is 295 cm³/mol. The molecule has 1 saturated heterocycles. The Labute approximate surface area is 478 Å². The Kier molecular flexibility index (Phi) is 30.1. The van der Waals surface area contributed by atoms with Gasteiger partial charge in [-0.2, -0.15) is 0 Å². The lowest BCUT2D eigenvalue weighted by atomic mass is 9.98. The first-order valence-electron chi connectivity index (χ1n) is 28.5. The van der Waals surface area contributed by atoms with E-state index in [-0.39, 0.29) is 0 Å². The summed E-state index contributed by atoms with van der Waals surface area (Å²) in [5.41, 5.74) is 0. The molecule has 0 aromatic rings. The predicted octanol–water partition coefficient (Wildman–Crippen LogP) is 3.51. The molecule has 0 aromatic heterocycles. The van der Waals surface area contributed by atoms with Crippen molar-refractivity contribution in [2.45, 2.75) is 238 Å². The van der Waals surface area contributed by atoms with Crippen LogP contribution >= 0.6 is 0 Å². The summed E-state index contributed by atoms with van der Waals surface area (Å²) in [4.78, 5) is 166. The SMILES string of the molecule is CC[C@H](C)[C@H]1OC(=O)[C@H](C(C)C)NC(=O)[C@H](C)OC(=O)[C@@H](C(C)C)NC(=O)[C@@H]([C@@H](C)CC)OC(=O)[C@H](C(C)C)NC(=O)[C@H](C)OC(=O)[C@@H](C(C)C)NC(=O)[C@@H]([C@@H](C)CC)OC(=O)[C@H](C(C)C)NC(=O)[C@H](C)OC(=O)[C@@H](C(C)C)NC1=O. The minimum absolute atomic E-state index is 0.310. The molecule has 1 heterocycles.